The lowest BCUT2D eigenvalue weighted by Crippen LogP contribution is -2.12. The van der Waals surface area contributed by atoms with Crippen LogP contribution < -0.4 is 5.73 Å². The first kappa shape index (κ1) is 12.5. The molecule has 88 valence electrons. The molecule has 0 saturated carbocycles. The second-order valence-corrected chi connectivity index (χ2v) is 5.13. The van der Waals surface area contributed by atoms with Crippen LogP contribution in [0.25, 0.3) is 0 Å². The molecular weight excluding hydrogens is 324 g/mol. The number of nitrogens with two attached hydrogens (primary N) is 1. The summed E-state index contributed by atoms with van der Waals surface area (Å²) in [6.07, 6.45) is 1.58. The van der Waals surface area contributed by atoms with Gasteiger partial charge in [0.2, 0.25) is 5.82 Å². The van der Waals surface area contributed by atoms with E-state index in [1.165, 1.54) is 0 Å². The van der Waals surface area contributed by atoms with E-state index in [2.05, 4.69) is 26.0 Å². The van der Waals surface area contributed by atoms with Crippen LogP contribution in [0.4, 0.5) is 0 Å². The Labute approximate surface area is 117 Å². The van der Waals surface area contributed by atoms with E-state index in [-0.39, 0.29) is 4.99 Å². The zero-order valence-electron chi connectivity index (χ0n) is 8.60. The fourth-order valence-electron chi connectivity index (χ4n) is 1.31. The van der Waals surface area contributed by atoms with Crippen LogP contribution in [0, 0.1) is 0 Å². The Balaban J connectivity index is 2.22. The molecular formula is C10H8BrClN4S. The monoisotopic (exact) mass is 330 g/mol. The van der Waals surface area contributed by atoms with Crippen molar-refractivity contribution >= 4 is 44.7 Å². The molecule has 7 heteroatoms. The van der Waals surface area contributed by atoms with E-state index >= 15 is 0 Å². The van der Waals surface area contributed by atoms with Gasteiger partial charge in [0, 0.05) is 9.50 Å². The van der Waals surface area contributed by atoms with Gasteiger partial charge in [0.25, 0.3) is 0 Å². The number of aromatic nitrogens is 3. The molecule has 2 aromatic rings. The molecule has 1 aromatic carbocycles. The number of benzene rings is 1. The summed E-state index contributed by atoms with van der Waals surface area (Å²) in [5, 5.41) is 4.81. The van der Waals surface area contributed by atoms with E-state index in [1.807, 2.05) is 18.2 Å². The average Bonchev–Trinajstić information content (AvgIpc) is 2.71. The molecule has 0 fully saturated rings. The van der Waals surface area contributed by atoms with Gasteiger partial charge in [0.15, 0.2) is 0 Å². The molecule has 0 radical (unpaired) electrons. The molecule has 4 nitrogen and oxygen atoms in total. The third kappa shape index (κ3) is 3.02. The predicted octanol–water partition coefficient (Wildman–Crippen LogP) is 2.38. The molecule has 0 unspecified atom stereocenters. The number of nitrogens with zero attached hydrogens (tertiary/aromatic N) is 3. The Bertz CT molecular complexity index is 569. The van der Waals surface area contributed by atoms with E-state index in [0.717, 1.165) is 10.0 Å². The summed E-state index contributed by atoms with van der Waals surface area (Å²) in [5.41, 5.74) is 6.38. The summed E-state index contributed by atoms with van der Waals surface area (Å²) in [7, 11) is 0. The zero-order chi connectivity index (χ0) is 12.4. The first-order valence-corrected chi connectivity index (χ1v) is 6.27. The highest BCUT2D eigenvalue weighted by Gasteiger charge is 2.06. The lowest BCUT2D eigenvalue weighted by molar-refractivity contribution is 0.683. The maximum atomic E-state index is 6.11. The minimum Gasteiger partial charge on any atom is -0.387 e. The average molecular weight is 332 g/mol. The number of hydrogen-bond donors (Lipinski definition) is 1. The minimum atomic E-state index is 0.186. The van der Waals surface area contributed by atoms with Crippen LogP contribution in [0.5, 0.6) is 0 Å². The maximum absolute atomic E-state index is 6.11. The highest BCUT2D eigenvalue weighted by Crippen LogP contribution is 2.21. The topological polar surface area (TPSA) is 56.7 Å². The van der Waals surface area contributed by atoms with Crippen molar-refractivity contribution in [1.82, 2.24) is 14.8 Å². The van der Waals surface area contributed by atoms with Gasteiger partial charge in [-0.2, -0.15) is 0 Å². The van der Waals surface area contributed by atoms with E-state index in [4.69, 9.17) is 29.6 Å². The molecule has 0 spiro atoms. The second-order valence-electron chi connectivity index (χ2n) is 3.37. The lowest BCUT2D eigenvalue weighted by Gasteiger charge is -2.04. The Kier molecular flexibility index (Phi) is 3.76. The van der Waals surface area contributed by atoms with Crippen LogP contribution in [0.1, 0.15) is 11.4 Å². The molecule has 0 bridgehead atoms. The van der Waals surface area contributed by atoms with Gasteiger partial charge < -0.3 is 5.73 Å². The summed E-state index contributed by atoms with van der Waals surface area (Å²) in [6, 6.07) is 5.68. The van der Waals surface area contributed by atoms with Gasteiger partial charge in [-0.15, -0.1) is 5.10 Å². The molecule has 0 amide bonds. The first-order valence-electron chi connectivity index (χ1n) is 4.69. The van der Waals surface area contributed by atoms with Crippen molar-refractivity contribution < 1.29 is 0 Å². The summed E-state index contributed by atoms with van der Waals surface area (Å²) < 4.78 is 2.58. The van der Waals surface area contributed by atoms with Crippen LogP contribution in [-0.2, 0) is 6.54 Å². The molecule has 1 heterocycles. The van der Waals surface area contributed by atoms with Gasteiger partial charge in [-0.1, -0.05) is 45.8 Å². The Morgan fingerprint density at radius 1 is 1.53 bits per heavy atom. The maximum Gasteiger partial charge on any atom is 0.208 e. The van der Waals surface area contributed by atoms with Gasteiger partial charge in [0.1, 0.15) is 11.3 Å². The van der Waals surface area contributed by atoms with E-state index in [1.54, 1.807) is 11.0 Å². The van der Waals surface area contributed by atoms with Crippen molar-refractivity contribution in [2.45, 2.75) is 6.54 Å². The fourth-order valence-corrected chi connectivity index (χ4v) is 2.13. The largest absolute Gasteiger partial charge is 0.387 e. The van der Waals surface area contributed by atoms with Crippen LogP contribution in [0.2, 0.25) is 5.02 Å². The van der Waals surface area contributed by atoms with Crippen molar-refractivity contribution in [2.24, 2.45) is 5.73 Å². The summed E-state index contributed by atoms with van der Waals surface area (Å²) in [4.78, 5) is 4.18. The molecule has 0 aliphatic rings. The standard InChI is InChI=1S/C10H8BrClN4S/c11-7-2-1-6(8(12)3-7)4-16-5-14-10(15-16)9(13)17/h1-3,5H,4H2,(H2,13,17). The van der Waals surface area contributed by atoms with Crippen molar-refractivity contribution in [2.75, 3.05) is 0 Å². The number of hydrogen-bond acceptors (Lipinski definition) is 3. The molecule has 0 aliphatic carbocycles. The molecule has 2 N–H and O–H groups in total. The number of thiocarbonyl (C=S) groups is 1. The van der Waals surface area contributed by atoms with Crippen molar-refractivity contribution in [3.8, 4) is 0 Å². The summed E-state index contributed by atoms with van der Waals surface area (Å²) >= 11 is 14.2. The smallest absolute Gasteiger partial charge is 0.208 e. The number of halogens is 2. The predicted molar refractivity (Wildman–Crippen MR) is 74.2 cm³/mol. The van der Waals surface area contributed by atoms with Crippen LogP contribution >= 0.6 is 39.7 Å². The molecule has 0 aliphatic heterocycles. The number of rotatable bonds is 3. The second kappa shape index (κ2) is 5.12. The summed E-state index contributed by atoms with van der Waals surface area (Å²) in [6.45, 7) is 0.529. The molecule has 1 aromatic heterocycles. The first-order chi connectivity index (χ1) is 8.06. The molecule has 0 saturated heterocycles. The molecule has 17 heavy (non-hydrogen) atoms. The highest BCUT2D eigenvalue weighted by molar-refractivity contribution is 9.10. The SMILES string of the molecule is NC(=S)c1ncn(Cc2ccc(Br)cc2Cl)n1. The Morgan fingerprint density at radius 2 is 2.29 bits per heavy atom. The Morgan fingerprint density at radius 3 is 2.88 bits per heavy atom. The van der Waals surface area contributed by atoms with Gasteiger partial charge in [0.05, 0.1) is 6.54 Å². The van der Waals surface area contributed by atoms with Crippen LogP contribution in [-0.4, -0.2) is 19.8 Å². The normalized spacial score (nSPS) is 10.5. The Hall–Kier alpha value is -0.980. The molecule has 2 rings (SSSR count). The van der Waals surface area contributed by atoms with E-state index < -0.39 is 0 Å². The summed E-state index contributed by atoms with van der Waals surface area (Å²) in [5.74, 6) is 0.369. The van der Waals surface area contributed by atoms with Crippen LogP contribution in [0.15, 0.2) is 29.0 Å². The van der Waals surface area contributed by atoms with Crippen molar-refractivity contribution in [1.29, 1.82) is 0 Å². The third-order valence-electron chi connectivity index (χ3n) is 2.10. The van der Waals surface area contributed by atoms with Gasteiger partial charge in [-0.05, 0) is 17.7 Å². The molecule has 0 atom stereocenters. The quantitative estimate of drug-likeness (QED) is 0.877. The van der Waals surface area contributed by atoms with Gasteiger partial charge >= 0.3 is 0 Å². The van der Waals surface area contributed by atoms with Crippen molar-refractivity contribution in [3.63, 3.8) is 0 Å². The zero-order valence-corrected chi connectivity index (χ0v) is 11.8. The lowest BCUT2D eigenvalue weighted by atomic mass is 10.2. The van der Waals surface area contributed by atoms with Crippen molar-refractivity contribution in [3.05, 3.63) is 45.4 Å². The van der Waals surface area contributed by atoms with Gasteiger partial charge in [-0.25, -0.2) is 9.67 Å². The van der Waals surface area contributed by atoms with Gasteiger partial charge in [-0.3, -0.25) is 0 Å². The highest BCUT2D eigenvalue weighted by atomic mass is 79.9. The minimum absolute atomic E-state index is 0.186. The van der Waals surface area contributed by atoms with E-state index in [0.29, 0.717) is 17.4 Å². The third-order valence-corrected chi connectivity index (χ3v) is 3.13. The van der Waals surface area contributed by atoms with Crippen LogP contribution in [0.3, 0.4) is 0 Å². The fraction of sp³-hybridized carbons (Fsp3) is 0.100. The van der Waals surface area contributed by atoms with E-state index in [9.17, 15) is 0 Å².